The van der Waals surface area contributed by atoms with E-state index < -0.39 is 0 Å². The van der Waals surface area contributed by atoms with Gasteiger partial charge in [-0.3, -0.25) is 0 Å². The zero-order valence-corrected chi connectivity index (χ0v) is 10.4. The minimum Gasteiger partial charge on any atom is -0.368 e. The Bertz CT molecular complexity index is 636. The molecule has 0 unspecified atom stereocenters. The molecule has 0 spiro atoms. The number of hydrogen-bond acceptors (Lipinski definition) is 3. The molecule has 1 aromatic heterocycles. The first kappa shape index (κ1) is 11.0. The van der Waals surface area contributed by atoms with Crippen LogP contribution in [0.3, 0.4) is 0 Å². The molecule has 1 aromatic carbocycles. The Labute approximate surface area is 106 Å². The highest BCUT2D eigenvalue weighted by atomic mass is 15.0. The highest BCUT2D eigenvalue weighted by Gasteiger charge is 2.37. The first-order valence-corrected chi connectivity index (χ1v) is 6.24. The number of benzene rings is 1. The Kier molecular flexibility index (Phi) is 2.45. The van der Waals surface area contributed by atoms with E-state index in [1.807, 2.05) is 30.3 Å². The summed E-state index contributed by atoms with van der Waals surface area (Å²) in [5.41, 5.74) is 1.96. The molecule has 1 N–H and O–H groups in total. The molecule has 0 atom stereocenters. The number of aromatic nitrogens is 1. The van der Waals surface area contributed by atoms with Gasteiger partial charge in [-0.05, 0) is 30.4 Å². The predicted molar refractivity (Wildman–Crippen MR) is 72.3 cm³/mol. The van der Waals surface area contributed by atoms with Gasteiger partial charge in [-0.2, -0.15) is 5.26 Å². The molecule has 1 saturated carbocycles. The highest BCUT2D eigenvalue weighted by Crippen LogP contribution is 2.44. The normalized spacial score (nSPS) is 16.2. The smallest absolute Gasteiger partial charge is 0.144 e. The van der Waals surface area contributed by atoms with Crippen molar-refractivity contribution in [2.24, 2.45) is 5.41 Å². The first-order valence-electron chi connectivity index (χ1n) is 6.24. The van der Waals surface area contributed by atoms with Crippen LogP contribution in [-0.2, 0) is 0 Å². The molecule has 1 aliphatic rings. The average molecular weight is 237 g/mol. The number of hydrogen-bond donors (Lipinski definition) is 1. The van der Waals surface area contributed by atoms with Crippen molar-refractivity contribution in [3.63, 3.8) is 0 Å². The van der Waals surface area contributed by atoms with E-state index in [-0.39, 0.29) is 0 Å². The van der Waals surface area contributed by atoms with Crippen molar-refractivity contribution in [3.05, 3.63) is 35.9 Å². The van der Waals surface area contributed by atoms with Crippen LogP contribution in [0, 0.1) is 16.7 Å². The summed E-state index contributed by atoms with van der Waals surface area (Å²) < 4.78 is 0. The molecule has 3 nitrogen and oxygen atoms in total. The predicted octanol–water partition coefficient (Wildman–Crippen LogP) is 3.32. The molecule has 0 radical (unpaired) electrons. The monoisotopic (exact) mass is 237 g/mol. The maximum atomic E-state index is 9.19. The van der Waals surface area contributed by atoms with E-state index in [0.29, 0.717) is 16.8 Å². The molecule has 3 heteroatoms. The van der Waals surface area contributed by atoms with Gasteiger partial charge in [0.2, 0.25) is 0 Å². The minimum atomic E-state index is 0.403. The third-order valence-corrected chi connectivity index (χ3v) is 3.63. The molecule has 0 aliphatic heterocycles. The molecule has 0 saturated heterocycles. The number of nitrogens with one attached hydrogen (secondary N) is 1. The van der Waals surface area contributed by atoms with Gasteiger partial charge in [0.25, 0.3) is 0 Å². The van der Waals surface area contributed by atoms with E-state index in [4.69, 9.17) is 0 Å². The molecule has 3 rings (SSSR count). The summed E-state index contributed by atoms with van der Waals surface area (Å²) in [5.74, 6) is 0.712. The van der Waals surface area contributed by atoms with Crippen LogP contribution in [0.4, 0.5) is 5.82 Å². The van der Waals surface area contributed by atoms with E-state index >= 15 is 0 Å². The Morgan fingerprint density at radius 3 is 2.89 bits per heavy atom. The number of anilines is 1. The Hall–Kier alpha value is -2.08. The van der Waals surface area contributed by atoms with E-state index in [1.165, 1.54) is 12.8 Å². The number of nitrogens with zero attached hydrogens (tertiary/aromatic N) is 2. The van der Waals surface area contributed by atoms with Gasteiger partial charge in [0.05, 0.1) is 11.1 Å². The fourth-order valence-electron chi connectivity index (χ4n) is 2.02. The largest absolute Gasteiger partial charge is 0.368 e. The maximum Gasteiger partial charge on any atom is 0.144 e. The van der Waals surface area contributed by atoms with Gasteiger partial charge in [0.1, 0.15) is 11.9 Å². The van der Waals surface area contributed by atoms with Crippen molar-refractivity contribution in [1.29, 1.82) is 5.26 Å². The fraction of sp³-hybridized carbons (Fsp3) is 0.333. The molecule has 1 aliphatic carbocycles. The van der Waals surface area contributed by atoms with Crippen LogP contribution in [0.25, 0.3) is 10.9 Å². The van der Waals surface area contributed by atoms with E-state index in [1.54, 1.807) is 0 Å². The topological polar surface area (TPSA) is 48.7 Å². The second-order valence-corrected chi connectivity index (χ2v) is 5.35. The molecular formula is C15H15N3. The molecule has 1 heterocycles. The molecule has 2 aromatic rings. The Morgan fingerprint density at radius 1 is 1.39 bits per heavy atom. The summed E-state index contributed by atoms with van der Waals surface area (Å²) in [6.45, 7) is 3.15. The van der Waals surface area contributed by atoms with Gasteiger partial charge in [-0.25, -0.2) is 4.98 Å². The minimum absolute atomic E-state index is 0.403. The lowest BCUT2D eigenvalue weighted by atomic mass is 10.1. The summed E-state index contributed by atoms with van der Waals surface area (Å²) in [6, 6.07) is 12.0. The zero-order chi connectivity index (χ0) is 12.6. The fourth-order valence-corrected chi connectivity index (χ4v) is 2.02. The highest BCUT2D eigenvalue weighted by molar-refractivity contribution is 5.82. The number of fused-ring (bicyclic) bond motifs is 1. The lowest BCUT2D eigenvalue weighted by Crippen LogP contribution is -2.13. The second kappa shape index (κ2) is 3.99. The summed E-state index contributed by atoms with van der Waals surface area (Å²) in [6.07, 6.45) is 2.52. The van der Waals surface area contributed by atoms with Gasteiger partial charge in [-0.1, -0.05) is 25.1 Å². The molecule has 1 fully saturated rings. The van der Waals surface area contributed by atoms with Crippen molar-refractivity contribution in [2.75, 3.05) is 11.9 Å². The van der Waals surface area contributed by atoms with E-state index in [0.717, 1.165) is 17.4 Å². The Morgan fingerprint density at radius 2 is 2.17 bits per heavy atom. The molecule has 0 bridgehead atoms. The summed E-state index contributed by atoms with van der Waals surface area (Å²) in [5, 5.41) is 13.5. The maximum absolute atomic E-state index is 9.19. The van der Waals surface area contributed by atoms with Crippen LogP contribution in [0.2, 0.25) is 0 Å². The average Bonchev–Trinajstić information content (AvgIpc) is 3.14. The Balaban J connectivity index is 1.96. The van der Waals surface area contributed by atoms with Crippen LogP contribution in [-0.4, -0.2) is 11.5 Å². The number of pyridine rings is 1. The number of para-hydroxylation sites is 1. The lowest BCUT2D eigenvalue weighted by Gasteiger charge is -2.12. The molecule has 18 heavy (non-hydrogen) atoms. The van der Waals surface area contributed by atoms with E-state index in [2.05, 4.69) is 23.3 Å². The third-order valence-electron chi connectivity index (χ3n) is 3.63. The van der Waals surface area contributed by atoms with Gasteiger partial charge < -0.3 is 5.32 Å². The van der Waals surface area contributed by atoms with Crippen LogP contribution < -0.4 is 5.32 Å². The lowest BCUT2D eigenvalue weighted by molar-refractivity contribution is 0.609. The quantitative estimate of drug-likeness (QED) is 0.890. The van der Waals surface area contributed by atoms with Crippen molar-refractivity contribution in [2.45, 2.75) is 19.8 Å². The van der Waals surface area contributed by atoms with Gasteiger partial charge in [0.15, 0.2) is 0 Å². The summed E-state index contributed by atoms with van der Waals surface area (Å²) >= 11 is 0. The van der Waals surface area contributed by atoms with Gasteiger partial charge in [-0.15, -0.1) is 0 Å². The van der Waals surface area contributed by atoms with Crippen molar-refractivity contribution in [1.82, 2.24) is 4.98 Å². The second-order valence-electron chi connectivity index (χ2n) is 5.35. The zero-order valence-electron chi connectivity index (χ0n) is 10.4. The standard InChI is InChI=1S/C15H15N3/c1-15(6-7-15)10-17-14-12(9-16)8-11-4-2-3-5-13(11)18-14/h2-5,8H,6-7,10H2,1H3,(H,17,18). The van der Waals surface area contributed by atoms with Crippen LogP contribution in [0.15, 0.2) is 30.3 Å². The molecule has 0 amide bonds. The number of rotatable bonds is 3. The van der Waals surface area contributed by atoms with Gasteiger partial charge >= 0.3 is 0 Å². The van der Waals surface area contributed by atoms with E-state index in [9.17, 15) is 5.26 Å². The summed E-state index contributed by atoms with van der Waals surface area (Å²) in [7, 11) is 0. The van der Waals surface area contributed by atoms with Crippen LogP contribution >= 0.6 is 0 Å². The van der Waals surface area contributed by atoms with Crippen LogP contribution in [0.5, 0.6) is 0 Å². The van der Waals surface area contributed by atoms with Gasteiger partial charge in [0, 0.05) is 11.9 Å². The summed E-state index contributed by atoms with van der Waals surface area (Å²) in [4.78, 5) is 4.54. The third kappa shape index (κ3) is 2.02. The first-order chi connectivity index (χ1) is 8.70. The van der Waals surface area contributed by atoms with Crippen molar-refractivity contribution < 1.29 is 0 Å². The van der Waals surface area contributed by atoms with Crippen molar-refractivity contribution >= 4 is 16.7 Å². The number of nitriles is 1. The SMILES string of the molecule is CC1(CNc2nc3ccccc3cc2C#N)CC1. The molecule has 90 valence electrons. The molecular weight excluding hydrogens is 222 g/mol. The van der Waals surface area contributed by atoms with Crippen LogP contribution in [0.1, 0.15) is 25.3 Å². The van der Waals surface area contributed by atoms with Crippen molar-refractivity contribution in [3.8, 4) is 6.07 Å².